The minimum absolute atomic E-state index is 0.0865. The molecule has 2 atom stereocenters. The van der Waals surface area contributed by atoms with Gasteiger partial charge in [0.25, 0.3) is 0 Å². The smallest absolute Gasteiger partial charge is 0.317 e. The van der Waals surface area contributed by atoms with Gasteiger partial charge < -0.3 is 10.2 Å². The second-order valence-electron chi connectivity index (χ2n) is 6.64. The van der Waals surface area contributed by atoms with Gasteiger partial charge in [-0.3, -0.25) is 0 Å². The third kappa shape index (κ3) is 3.68. The Labute approximate surface area is 138 Å². The summed E-state index contributed by atoms with van der Waals surface area (Å²) in [5, 5.41) is 2.99. The molecule has 1 fully saturated rings. The third-order valence-corrected chi connectivity index (χ3v) is 6.82. The molecule has 2 amide bonds. The van der Waals surface area contributed by atoms with Gasteiger partial charge in [0.1, 0.15) is 0 Å². The van der Waals surface area contributed by atoms with Crippen LogP contribution in [0.15, 0.2) is 24.3 Å². The zero-order valence-corrected chi connectivity index (χ0v) is 14.3. The van der Waals surface area contributed by atoms with Crippen LogP contribution in [-0.2, 0) is 16.3 Å². The first-order valence-electron chi connectivity index (χ1n) is 8.25. The van der Waals surface area contributed by atoms with Gasteiger partial charge in [0.05, 0.1) is 11.5 Å². The number of rotatable bonds is 3. The first kappa shape index (κ1) is 16.3. The van der Waals surface area contributed by atoms with Crippen molar-refractivity contribution in [2.75, 3.05) is 25.1 Å². The molecule has 0 aromatic heterocycles. The molecule has 3 rings (SSSR count). The largest absolute Gasteiger partial charge is 0.337 e. The summed E-state index contributed by atoms with van der Waals surface area (Å²) in [6.45, 7) is 0.611. The molecular weight excluding hydrogens is 312 g/mol. The van der Waals surface area contributed by atoms with E-state index in [2.05, 4.69) is 29.6 Å². The predicted octanol–water partition coefficient (Wildman–Crippen LogP) is 1.94. The molecule has 1 N–H and O–H groups in total. The Morgan fingerprint density at radius 2 is 2.09 bits per heavy atom. The lowest BCUT2D eigenvalue weighted by atomic mass is 9.83. The minimum atomic E-state index is -2.97. The summed E-state index contributed by atoms with van der Waals surface area (Å²) < 4.78 is 23.1. The fraction of sp³-hybridized carbons (Fsp3) is 0.588. The molecule has 6 heteroatoms. The number of benzene rings is 1. The molecule has 2 aliphatic rings. The number of carbonyl (C=O) groups excluding carboxylic acids is 1. The predicted molar refractivity (Wildman–Crippen MR) is 90.3 cm³/mol. The maximum atomic E-state index is 12.3. The monoisotopic (exact) mass is 336 g/mol. The minimum Gasteiger partial charge on any atom is -0.337 e. The van der Waals surface area contributed by atoms with Crippen molar-refractivity contribution < 1.29 is 13.2 Å². The van der Waals surface area contributed by atoms with Crippen molar-refractivity contribution >= 4 is 15.9 Å². The van der Waals surface area contributed by atoms with E-state index in [0.717, 1.165) is 19.3 Å². The summed E-state index contributed by atoms with van der Waals surface area (Å²) in [5.74, 6) is 0.624. The zero-order chi connectivity index (χ0) is 16.4. The van der Waals surface area contributed by atoms with Gasteiger partial charge in [-0.25, -0.2) is 13.2 Å². The van der Waals surface area contributed by atoms with Crippen LogP contribution in [-0.4, -0.2) is 50.5 Å². The molecule has 1 aliphatic carbocycles. The molecule has 0 saturated carbocycles. The topological polar surface area (TPSA) is 66.5 Å². The van der Waals surface area contributed by atoms with Gasteiger partial charge in [0.15, 0.2) is 9.84 Å². The Morgan fingerprint density at radius 1 is 1.30 bits per heavy atom. The summed E-state index contributed by atoms with van der Waals surface area (Å²) in [4.78, 5) is 13.9. The van der Waals surface area contributed by atoms with Crippen molar-refractivity contribution in [2.45, 2.75) is 37.6 Å². The van der Waals surface area contributed by atoms with E-state index in [9.17, 15) is 13.2 Å². The second-order valence-corrected chi connectivity index (χ2v) is 8.87. The van der Waals surface area contributed by atoms with E-state index in [0.29, 0.717) is 18.9 Å². The number of nitrogens with one attached hydrogen (secondary N) is 1. The van der Waals surface area contributed by atoms with Gasteiger partial charge in [-0.15, -0.1) is 0 Å². The van der Waals surface area contributed by atoms with E-state index < -0.39 is 9.84 Å². The number of fused-ring (bicyclic) bond motifs is 1. The Hall–Kier alpha value is -1.56. The maximum Gasteiger partial charge on any atom is 0.317 e. The van der Waals surface area contributed by atoms with Gasteiger partial charge in [-0.05, 0) is 36.8 Å². The number of hydrogen-bond acceptors (Lipinski definition) is 3. The van der Waals surface area contributed by atoms with Gasteiger partial charge in [0.2, 0.25) is 0 Å². The number of urea groups is 1. The van der Waals surface area contributed by atoms with E-state index in [1.165, 1.54) is 11.1 Å². The highest BCUT2D eigenvalue weighted by Gasteiger charge is 2.33. The SMILES string of the molecule is CN(C(=O)NCC1CCCc2ccccc21)C1CCS(=O)(=O)C1. The average molecular weight is 336 g/mol. The summed E-state index contributed by atoms with van der Waals surface area (Å²) in [6.07, 6.45) is 3.88. The number of aryl methyl sites for hydroxylation is 1. The van der Waals surface area contributed by atoms with E-state index in [1.807, 2.05) is 0 Å². The Kier molecular flexibility index (Phi) is 4.62. The Balaban J connectivity index is 1.58. The molecule has 1 saturated heterocycles. The third-order valence-electron chi connectivity index (χ3n) is 5.07. The molecule has 1 heterocycles. The lowest BCUT2D eigenvalue weighted by molar-refractivity contribution is 0.194. The van der Waals surface area contributed by atoms with Crippen LogP contribution in [0.4, 0.5) is 4.79 Å². The van der Waals surface area contributed by atoms with E-state index in [4.69, 9.17) is 0 Å². The Bertz CT molecular complexity index is 687. The van der Waals surface area contributed by atoms with Crippen molar-refractivity contribution in [1.82, 2.24) is 10.2 Å². The maximum absolute atomic E-state index is 12.3. The Morgan fingerprint density at radius 3 is 2.83 bits per heavy atom. The molecule has 126 valence electrons. The van der Waals surface area contributed by atoms with Crippen molar-refractivity contribution in [1.29, 1.82) is 0 Å². The fourth-order valence-electron chi connectivity index (χ4n) is 3.65. The summed E-state index contributed by atoms with van der Waals surface area (Å²) in [5.41, 5.74) is 2.72. The number of hydrogen-bond donors (Lipinski definition) is 1. The molecule has 0 spiro atoms. The normalized spacial score (nSPS) is 25.6. The number of carbonyl (C=O) groups is 1. The quantitative estimate of drug-likeness (QED) is 0.917. The van der Waals surface area contributed by atoms with Crippen LogP contribution in [0.2, 0.25) is 0 Å². The highest BCUT2D eigenvalue weighted by atomic mass is 32.2. The molecule has 1 aromatic carbocycles. The van der Waals surface area contributed by atoms with Gasteiger partial charge in [-0.2, -0.15) is 0 Å². The van der Waals surface area contributed by atoms with Crippen LogP contribution in [0.5, 0.6) is 0 Å². The molecule has 23 heavy (non-hydrogen) atoms. The molecule has 5 nitrogen and oxygen atoms in total. The average Bonchev–Trinajstić information content (AvgIpc) is 2.91. The van der Waals surface area contributed by atoms with Crippen molar-refractivity contribution in [3.05, 3.63) is 35.4 Å². The lowest BCUT2D eigenvalue weighted by Crippen LogP contribution is -2.45. The summed E-state index contributed by atoms with van der Waals surface area (Å²) in [7, 11) is -1.28. The van der Waals surface area contributed by atoms with Crippen molar-refractivity contribution in [3.63, 3.8) is 0 Å². The summed E-state index contributed by atoms with van der Waals surface area (Å²) in [6, 6.07) is 8.06. The van der Waals surface area contributed by atoms with Crippen LogP contribution in [0.25, 0.3) is 0 Å². The first-order chi connectivity index (χ1) is 11.0. The molecular formula is C17H24N2O3S. The summed E-state index contributed by atoms with van der Waals surface area (Å²) >= 11 is 0. The number of nitrogens with zero attached hydrogens (tertiary/aromatic N) is 1. The van der Waals surface area contributed by atoms with Crippen LogP contribution < -0.4 is 5.32 Å². The fourth-order valence-corrected chi connectivity index (χ4v) is 5.42. The van der Waals surface area contributed by atoms with Gasteiger partial charge in [0, 0.05) is 25.6 Å². The van der Waals surface area contributed by atoms with Crippen LogP contribution in [0, 0.1) is 0 Å². The zero-order valence-electron chi connectivity index (χ0n) is 13.5. The number of amides is 2. The van der Waals surface area contributed by atoms with Crippen LogP contribution in [0.3, 0.4) is 0 Å². The first-order valence-corrected chi connectivity index (χ1v) is 10.1. The molecule has 1 aliphatic heterocycles. The van der Waals surface area contributed by atoms with E-state index >= 15 is 0 Å². The van der Waals surface area contributed by atoms with Crippen molar-refractivity contribution in [2.24, 2.45) is 0 Å². The highest BCUT2D eigenvalue weighted by molar-refractivity contribution is 7.91. The van der Waals surface area contributed by atoms with E-state index in [-0.39, 0.29) is 23.6 Å². The van der Waals surface area contributed by atoms with E-state index in [1.54, 1.807) is 11.9 Å². The molecule has 2 unspecified atom stereocenters. The highest BCUT2D eigenvalue weighted by Crippen LogP contribution is 2.30. The molecule has 0 radical (unpaired) electrons. The van der Waals surface area contributed by atoms with Gasteiger partial charge in [-0.1, -0.05) is 24.3 Å². The van der Waals surface area contributed by atoms with Crippen LogP contribution in [0.1, 0.15) is 36.3 Å². The standard InChI is InChI=1S/C17H24N2O3S/c1-19(15-9-10-23(21,22)12-15)17(20)18-11-14-7-4-6-13-5-2-3-8-16(13)14/h2-3,5,8,14-15H,4,6-7,9-12H2,1H3,(H,18,20). The second kappa shape index (κ2) is 6.51. The van der Waals surface area contributed by atoms with Crippen molar-refractivity contribution in [3.8, 4) is 0 Å². The lowest BCUT2D eigenvalue weighted by Gasteiger charge is -2.28. The molecule has 0 bridgehead atoms. The van der Waals surface area contributed by atoms with Crippen LogP contribution >= 0.6 is 0 Å². The van der Waals surface area contributed by atoms with Gasteiger partial charge >= 0.3 is 6.03 Å². The number of sulfone groups is 1. The molecule has 1 aromatic rings.